The van der Waals surface area contributed by atoms with Crippen LogP contribution in [0.3, 0.4) is 0 Å². The zero-order valence-electron chi connectivity index (χ0n) is 8.71. The van der Waals surface area contributed by atoms with E-state index in [9.17, 15) is 0 Å². The van der Waals surface area contributed by atoms with Gasteiger partial charge in [-0.15, -0.1) is 12.4 Å². The molecule has 82 valence electrons. The molecule has 0 saturated heterocycles. The lowest BCUT2D eigenvalue weighted by Crippen LogP contribution is -1.99. The monoisotopic (exact) mass is 234 g/mol. The number of nitrogens with zero attached hydrogens (tertiary/aromatic N) is 3. The van der Waals surface area contributed by atoms with Crippen molar-refractivity contribution in [2.24, 2.45) is 0 Å². The molecule has 2 aromatic rings. The van der Waals surface area contributed by atoms with Crippen LogP contribution in [-0.4, -0.2) is 9.78 Å². The van der Waals surface area contributed by atoms with E-state index >= 15 is 0 Å². The van der Waals surface area contributed by atoms with Crippen molar-refractivity contribution in [3.8, 4) is 11.8 Å². The largest absolute Gasteiger partial charge is 0.382 e. The minimum Gasteiger partial charge on any atom is -0.382 e. The number of hydrogen-bond donors (Lipinski definition) is 1. The van der Waals surface area contributed by atoms with Gasteiger partial charge in [-0.1, -0.05) is 6.07 Å². The molecular formula is C11H11ClN4. The summed E-state index contributed by atoms with van der Waals surface area (Å²) in [6.07, 6.45) is 0. The van der Waals surface area contributed by atoms with Crippen molar-refractivity contribution >= 4 is 18.2 Å². The molecule has 0 radical (unpaired) electrons. The Bertz CT molecular complexity index is 539. The van der Waals surface area contributed by atoms with Crippen molar-refractivity contribution in [3.63, 3.8) is 0 Å². The predicted octanol–water partition coefficient (Wildman–Crippen LogP) is 2.06. The Labute approximate surface area is 99.7 Å². The van der Waals surface area contributed by atoms with Crippen LogP contribution >= 0.6 is 12.4 Å². The average Bonchev–Trinajstić information content (AvgIpc) is 2.58. The van der Waals surface area contributed by atoms with Crippen molar-refractivity contribution in [3.05, 3.63) is 41.6 Å². The third-order valence-corrected chi connectivity index (χ3v) is 2.13. The fourth-order valence-electron chi connectivity index (χ4n) is 1.47. The van der Waals surface area contributed by atoms with E-state index in [1.165, 1.54) is 0 Å². The number of aryl methyl sites for hydroxylation is 1. The first-order valence-electron chi connectivity index (χ1n) is 4.53. The minimum absolute atomic E-state index is 0. The molecule has 0 atom stereocenters. The van der Waals surface area contributed by atoms with Gasteiger partial charge in [-0.2, -0.15) is 10.4 Å². The minimum atomic E-state index is 0. The number of nitrogens with two attached hydrogens (primary N) is 1. The van der Waals surface area contributed by atoms with E-state index in [4.69, 9.17) is 11.0 Å². The molecule has 0 amide bonds. The van der Waals surface area contributed by atoms with Gasteiger partial charge in [0.15, 0.2) is 0 Å². The Hall–Kier alpha value is -1.99. The van der Waals surface area contributed by atoms with E-state index in [1.54, 1.807) is 22.9 Å². The maximum absolute atomic E-state index is 8.78. The van der Waals surface area contributed by atoms with Crippen LogP contribution in [0, 0.1) is 18.3 Å². The van der Waals surface area contributed by atoms with Crippen molar-refractivity contribution in [2.45, 2.75) is 6.92 Å². The van der Waals surface area contributed by atoms with Crippen LogP contribution in [0.1, 0.15) is 11.3 Å². The second-order valence-electron chi connectivity index (χ2n) is 3.28. The molecule has 5 heteroatoms. The molecule has 0 spiro atoms. The third kappa shape index (κ3) is 2.15. The fraction of sp³-hybridized carbons (Fsp3) is 0.0909. The van der Waals surface area contributed by atoms with E-state index in [0.717, 1.165) is 11.4 Å². The lowest BCUT2D eigenvalue weighted by atomic mass is 10.2. The van der Waals surface area contributed by atoms with E-state index in [1.807, 2.05) is 19.1 Å². The first-order valence-corrected chi connectivity index (χ1v) is 4.53. The zero-order valence-corrected chi connectivity index (χ0v) is 9.53. The van der Waals surface area contributed by atoms with Crippen LogP contribution in [-0.2, 0) is 0 Å². The van der Waals surface area contributed by atoms with Gasteiger partial charge in [-0.05, 0) is 25.1 Å². The van der Waals surface area contributed by atoms with Gasteiger partial charge >= 0.3 is 0 Å². The Kier molecular flexibility index (Phi) is 3.54. The number of anilines is 1. The van der Waals surface area contributed by atoms with Gasteiger partial charge in [-0.25, -0.2) is 4.68 Å². The average molecular weight is 235 g/mol. The summed E-state index contributed by atoms with van der Waals surface area (Å²) in [6.45, 7) is 1.92. The molecule has 1 aromatic carbocycles. The van der Waals surface area contributed by atoms with Gasteiger partial charge in [0, 0.05) is 11.8 Å². The number of hydrogen-bond acceptors (Lipinski definition) is 3. The topological polar surface area (TPSA) is 67.6 Å². The highest BCUT2D eigenvalue weighted by Crippen LogP contribution is 2.14. The predicted molar refractivity (Wildman–Crippen MR) is 64.7 cm³/mol. The number of benzene rings is 1. The third-order valence-electron chi connectivity index (χ3n) is 2.13. The first kappa shape index (κ1) is 12.1. The lowest BCUT2D eigenvalue weighted by Gasteiger charge is -2.03. The van der Waals surface area contributed by atoms with Crippen LogP contribution in [0.2, 0.25) is 0 Å². The summed E-state index contributed by atoms with van der Waals surface area (Å²) in [6, 6.07) is 11.1. The van der Waals surface area contributed by atoms with Crippen LogP contribution in [0.15, 0.2) is 30.3 Å². The summed E-state index contributed by atoms with van der Waals surface area (Å²) in [7, 11) is 0. The zero-order chi connectivity index (χ0) is 10.8. The van der Waals surface area contributed by atoms with Gasteiger partial charge in [0.25, 0.3) is 0 Å². The van der Waals surface area contributed by atoms with E-state index in [-0.39, 0.29) is 12.4 Å². The number of aromatic nitrogens is 2. The second-order valence-corrected chi connectivity index (χ2v) is 3.28. The Morgan fingerprint density at radius 1 is 1.38 bits per heavy atom. The summed E-state index contributed by atoms with van der Waals surface area (Å²) in [5.41, 5.74) is 8.00. The molecular weight excluding hydrogens is 224 g/mol. The number of halogens is 1. The lowest BCUT2D eigenvalue weighted by molar-refractivity contribution is 0.851. The van der Waals surface area contributed by atoms with Gasteiger partial charge in [0.1, 0.15) is 5.82 Å². The Balaban J connectivity index is 0.00000128. The summed E-state index contributed by atoms with van der Waals surface area (Å²) in [4.78, 5) is 0. The SMILES string of the molecule is Cc1cc(N)nn1-c1cccc(C#N)c1.Cl. The van der Waals surface area contributed by atoms with E-state index < -0.39 is 0 Å². The molecule has 1 aromatic heterocycles. The molecule has 0 unspecified atom stereocenters. The van der Waals surface area contributed by atoms with Gasteiger partial charge in [-0.3, -0.25) is 0 Å². The van der Waals surface area contributed by atoms with Crippen molar-refractivity contribution < 1.29 is 0 Å². The molecule has 0 aliphatic heterocycles. The molecule has 16 heavy (non-hydrogen) atoms. The Morgan fingerprint density at radius 3 is 2.69 bits per heavy atom. The Morgan fingerprint density at radius 2 is 2.12 bits per heavy atom. The van der Waals surface area contributed by atoms with Crippen molar-refractivity contribution in [1.29, 1.82) is 5.26 Å². The highest BCUT2D eigenvalue weighted by molar-refractivity contribution is 5.85. The van der Waals surface area contributed by atoms with E-state index in [0.29, 0.717) is 11.4 Å². The van der Waals surface area contributed by atoms with Gasteiger partial charge < -0.3 is 5.73 Å². The van der Waals surface area contributed by atoms with Crippen LogP contribution in [0.5, 0.6) is 0 Å². The molecule has 0 aliphatic carbocycles. The molecule has 1 heterocycles. The molecule has 4 nitrogen and oxygen atoms in total. The molecule has 0 fully saturated rings. The highest BCUT2D eigenvalue weighted by atomic mass is 35.5. The smallest absolute Gasteiger partial charge is 0.146 e. The van der Waals surface area contributed by atoms with Crippen LogP contribution < -0.4 is 5.73 Å². The number of rotatable bonds is 1. The van der Waals surface area contributed by atoms with Crippen molar-refractivity contribution in [1.82, 2.24) is 9.78 Å². The summed E-state index contributed by atoms with van der Waals surface area (Å²) in [5, 5.41) is 12.9. The molecule has 0 saturated carbocycles. The number of nitrogen functional groups attached to an aromatic ring is 1. The number of nitriles is 1. The van der Waals surface area contributed by atoms with E-state index in [2.05, 4.69) is 11.2 Å². The maximum atomic E-state index is 8.78. The highest BCUT2D eigenvalue weighted by Gasteiger charge is 2.04. The summed E-state index contributed by atoms with van der Waals surface area (Å²) >= 11 is 0. The quantitative estimate of drug-likeness (QED) is 0.821. The summed E-state index contributed by atoms with van der Waals surface area (Å²) < 4.78 is 1.72. The maximum Gasteiger partial charge on any atom is 0.146 e. The molecule has 0 bridgehead atoms. The normalized spacial score (nSPS) is 9.25. The van der Waals surface area contributed by atoms with Crippen molar-refractivity contribution in [2.75, 3.05) is 5.73 Å². The van der Waals surface area contributed by atoms with Gasteiger partial charge in [0.05, 0.1) is 17.3 Å². The molecule has 2 rings (SSSR count). The summed E-state index contributed by atoms with van der Waals surface area (Å²) in [5.74, 6) is 0.481. The molecule has 0 aliphatic rings. The standard InChI is InChI=1S/C11H10N4.ClH/c1-8-5-11(13)14-15(8)10-4-2-3-9(6-10)7-12;/h2-6H,1H3,(H2,13,14);1H. The van der Waals surface area contributed by atoms with Gasteiger partial charge in [0.2, 0.25) is 0 Å². The van der Waals surface area contributed by atoms with Crippen LogP contribution in [0.25, 0.3) is 5.69 Å². The molecule has 2 N–H and O–H groups in total. The first-order chi connectivity index (χ1) is 7.20. The fourth-order valence-corrected chi connectivity index (χ4v) is 1.47. The van der Waals surface area contributed by atoms with Crippen LogP contribution in [0.4, 0.5) is 5.82 Å². The second kappa shape index (κ2) is 4.69.